The molecule has 1 aliphatic heterocycles. The summed E-state index contributed by atoms with van der Waals surface area (Å²) in [7, 11) is 0. The van der Waals surface area contributed by atoms with Gasteiger partial charge in [0, 0.05) is 19.1 Å². The number of benzene rings is 2. The third kappa shape index (κ3) is 4.06. The maximum Gasteiger partial charge on any atom is 0.256 e. The molecule has 2 aromatic rings. The summed E-state index contributed by atoms with van der Waals surface area (Å²) < 4.78 is 80.0. The molecule has 4 nitrogen and oxygen atoms in total. The molecular formula is C19H14F6N2O2. The standard InChI is InChI=1S/C19H14F6N2O2/c20-12-3-1-10(14(22)16(12)24)18(28)26-9-5-7-27(8-6-9)19(29)11-2-4-13(21)17(25)15(11)23/h1-4,9H,5-8H2,(H,26,28). The highest BCUT2D eigenvalue weighted by atomic mass is 19.2. The van der Waals surface area contributed by atoms with Gasteiger partial charge in [0.15, 0.2) is 34.9 Å². The normalized spacial score (nSPS) is 14.8. The number of nitrogens with one attached hydrogen (secondary N) is 1. The van der Waals surface area contributed by atoms with Gasteiger partial charge < -0.3 is 10.2 Å². The molecule has 3 rings (SSSR count). The van der Waals surface area contributed by atoms with Crippen molar-refractivity contribution in [3.8, 4) is 0 Å². The van der Waals surface area contributed by atoms with Crippen LogP contribution in [0.5, 0.6) is 0 Å². The average molecular weight is 416 g/mol. The Balaban J connectivity index is 1.62. The van der Waals surface area contributed by atoms with Crippen LogP contribution < -0.4 is 5.32 Å². The van der Waals surface area contributed by atoms with Crippen molar-refractivity contribution in [2.45, 2.75) is 18.9 Å². The van der Waals surface area contributed by atoms with Gasteiger partial charge in [0.05, 0.1) is 11.1 Å². The van der Waals surface area contributed by atoms with Crippen LogP contribution in [0.3, 0.4) is 0 Å². The number of amides is 2. The molecule has 0 aliphatic carbocycles. The minimum atomic E-state index is -1.76. The summed E-state index contributed by atoms with van der Waals surface area (Å²) in [5.41, 5.74) is -1.28. The first-order valence-corrected chi connectivity index (χ1v) is 8.57. The van der Waals surface area contributed by atoms with E-state index in [9.17, 15) is 35.9 Å². The summed E-state index contributed by atoms with van der Waals surface area (Å²) in [5, 5.41) is 2.46. The zero-order valence-corrected chi connectivity index (χ0v) is 14.7. The molecule has 1 N–H and O–H groups in total. The Morgan fingerprint density at radius 3 is 1.79 bits per heavy atom. The van der Waals surface area contributed by atoms with Crippen LogP contribution in [0, 0.1) is 34.9 Å². The van der Waals surface area contributed by atoms with Crippen molar-refractivity contribution in [1.29, 1.82) is 0 Å². The Labute approximate surface area is 161 Å². The molecule has 1 saturated heterocycles. The van der Waals surface area contributed by atoms with E-state index in [0.29, 0.717) is 12.1 Å². The second kappa shape index (κ2) is 8.14. The number of hydrogen-bond acceptors (Lipinski definition) is 2. The molecule has 10 heteroatoms. The fraction of sp³-hybridized carbons (Fsp3) is 0.263. The Morgan fingerprint density at radius 2 is 1.24 bits per heavy atom. The Morgan fingerprint density at radius 1 is 0.759 bits per heavy atom. The molecule has 0 unspecified atom stereocenters. The number of halogens is 6. The molecule has 2 aromatic carbocycles. The van der Waals surface area contributed by atoms with Crippen LogP contribution in [-0.2, 0) is 0 Å². The number of hydrogen-bond donors (Lipinski definition) is 1. The van der Waals surface area contributed by atoms with E-state index in [4.69, 9.17) is 0 Å². The Bertz CT molecular complexity index is 974. The molecule has 154 valence electrons. The minimum absolute atomic E-state index is 0.0580. The lowest BCUT2D eigenvalue weighted by Crippen LogP contribution is -2.47. The first-order chi connectivity index (χ1) is 13.7. The highest BCUT2D eigenvalue weighted by Gasteiger charge is 2.29. The van der Waals surface area contributed by atoms with Crippen molar-refractivity contribution >= 4 is 11.8 Å². The quantitative estimate of drug-likeness (QED) is 0.615. The van der Waals surface area contributed by atoms with Gasteiger partial charge in [0.1, 0.15) is 0 Å². The monoisotopic (exact) mass is 416 g/mol. The van der Waals surface area contributed by atoms with Gasteiger partial charge >= 0.3 is 0 Å². The number of piperidine rings is 1. The first-order valence-electron chi connectivity index (χ1n) is 8.57. The van der Waals surface area contributed by atoms with Gasteiger partial charge in [-0.1, -0.05) is 0 Å². The van der Waals surface area contributed by atoms with Gasteiger partial charge in [-0.2, -0.15) is 0 Å². The highest BCUT2D eigenvalue weighted by Crippen LogP contribution is 2.20. The van der Waals surface area contributed by atoms with Gasteiger partial charge in [0.25, 0.3) is 11.8 Å². The van der Waals surface area contributed by atoms with E-state index in [1.54, 1.807) is 0 Å². The molecule has 0 radical (unpaired) electrons. The predicted molar refractivity (Wildman–Crippen MR) is 89.0 cm³/mol. The zero-order chi connectivity index (χ0) is 21.3. The smallest absolute Gasteiger partial charge is 0.256 e. The zero-order valence-electron chi connectivity index (χ0n) is 14.7. The highest BCUT2D eigenvalue weighted by molar-refractivity contribution is 5.95. The molecule has 1 aliphatic rings. The van der Waals surface area contributed by atoms with Crippen LogP contribution >= 0.6 is 0 Å². The molecule has 0 atom stereocenters. The second-order valence-corrected chi connectivity index (χ2v) is 6.49. The Kier molecular flexibility index (Phi) is 5.81. The maximum absolute atomic E-state index is 13.8. The van der Waals surface area contributed by atoms with Crippen LogP contribution in [0.4, 0.5) is 26.3 Å². The summed E-state index contributed by atoms with van der Waals surface area (Å²) in [5.74, 6) is -11.3. The summed E-state index contributed by atoms with van der Waals surface area (Å²) in [6.45, 7) is 0.116. The molecular weight excluding hydrogens is 402 g/mol. The van der Waals surface area contributed by atoms with Crippen LogP contribution in [0.1, 0.15) is 33.6 Å². The largest absolute Gasteiger partial charge is 0.349 e. The van der Waals surface area contributed by atoms with Crippen molar-refractivity contribution in [2.75, 3.05) is 13.1 Å². The lowest BCUT2D eigenvalue weighted by atomic mass is 10.0. The summed E-state index contributed by atoms with van der Waals surface area (Å²) in [6.07, 6.45) is 0.405. The maximum atomic E-state index is 13.8. The number of carbonyl (C=O) groups is 2. The van der Waals surface area contributed by atoms with Gasteiger partial charge in [0.2, 0.25) is 0 Å². The van der Waals surface area contributed by atoms with Crippen LogP contribution in [-0.4, -0.2) is 35.8 Å². The Hall–Kier alpha value is -3.04. The fourth-order valence-electron chi connectivity index (χ4n) is 3.05. The van der Waals surface area contributed by atoms with E-state index in [2.05, 4.69) is 5.32 Å². The lowest BCUT2D eigenvalue weighted by Gasteiger charge is -2.32. The van der Waals surface area contributed by atoms with Crippen LogP contribution in [0.15, 0.2) is 24.3 Å². The SMILES string of the molecule is O=C(NC1CCN(C(=O)c2ccc(F)c(F)c2F)CC1)c1ccc(F)c(F)c1F. The minimum Gasteiger partial charge on any atom is -0.349 e. The predicted octanol–water partition coefficient (Wildman–Crippen LogP) is 3.56. The van der Waals surface area contributed by atoms with E-state index >= 15 is 0 Å². The number of carbonyl (C=O) groups excluding carboxylic acids is 2. The van der Waals surface area contributed by atoms with Crippen molar-refractivity contribution in [3.63, 3.8) is 0 Å². The average Bonchev–Trinajstić information content (AvgIpc) is 2.70. The van der Waals surface area contributed by atoms with Gasteiger partial charge in [-0.15, -0.1) is 0 Å². The third-order valence-electron chi connectivity index (χ3n) is 4.66. The number of nitrogens with zero attached hydrogens (tertiary/aromatic N) is 1. The number of likely N-dealkylation sites (tertiary alicyclic amines) is 1. The van der Waals surface area contributed by atoms with Gasteiger partial charge in [-0.3, -0.25) is 9.59 Å². The molecule has 1 heterocycles. The van der Waals surface area contributed by atoms with E-state index in [1.165, 1.54) is 4.90 Å². The van der Waals surface area contributed by atoms with Gasteiger partial charge in [-0.05, 0) is 37.1 Å². The summed E-state index contributed by atoms with van der Waals surface area (Å²) in [6, 6.07) is 2.43. The molecule has 0 aromatic heterocycles. The van der Waals surface area contributed by atoms with Crippen molar-refractivity contribution in [2.24, 2.45) is 0 Å². The first kappa shape index (κ1) is 20.7. The molecule has 0 saturated carbocycles. The summed E-state index contributed by atoms with van der Waals surface area (Å²) >= 11 is 0. The van der Waals surface area contributed by atoms with Crippen LogP contribution in [0.25, 0.3) is 0 Å². The molecule has 1 fully saturated rings. The van der Waals surface area contributed by atoms with Crippen LogP contribution in [0.2, 0.25) is 0 Å². The van der Waals surface area contributed by atoms with E-state index in [1.807, 2.05) is 0 Å². The lowest BCUT2D eigenvalue weighted by molar-refractivity contribution is 0.0692. The van der Waals surface area contributed by atoms with Crippen molar-refractivity contribution < 1.29 is 35.9 Å². The third-order valence-corrected chi connectivity index (χ3v) is 4.66. The molecule has 0 bridgehead atoms. The van der Waals surface area contributed by atoms with E-state index in [-0.39, 0.29) is 25.9 Å². The second-order valence-electron chi connectivity index (χ2n) is 6.49. The number of rotatable bonds is 3. The summed E-state index contributed by atoms with van der Waals surface area (Å²) in [4.78, 5) is 25.6. The topological polar surface area (TPSA) is 49.4 Å². The molecule has 29 heavy (non-hydrogen) atoms. The fourth-order valence-corrected chi connectivity index (χ4v) is 3.05. The van der Waals surface area contributed by atoms with Crippen molar-refractivity contribution in [1.82, 2.24) is 10.2 Å². The van der Waals surface area contributed by atoms with E-state index < -0.39 is 63.9 Å². The van der Waals surface area contributed by atoms with Gasteiger partial charge in [-0.25, -0.2) is 26.3 Å². The van der Waals surface area contributed by atoms with Crippen molar-refractivity contribution in [3.05, 3.63) is 70.3 Å². The molecule has 2 amide bonds. The molecule has 0 spiro atoms. The van der Waals surface area contributed by atoms with E-state index in [0.717, 1.165) is 12.1 Å².